The molecule has 115 heavy (non-hydrogen) atoms. The molecule has 0 aromatic heterocycles. The van der Waals surface area contributed by atoms with E-state index >= 15 is 14.4 Å². The first-order valence-electron chi connectivity index (χ1n) is 36.3. The van der Waals surface area contributed by atoms with Crippen molar-refractivity contribution in [2.75, 3.05) is 20.2 Å². The third kappa shape index (κ3) is 19.0. The lowest BCUT2D eigenvalue weighted by Gasteiger charge is -2.48. The predicted octanol–water partition coefficient (Wildman–Crippen LogP) is 1.72. The summed E-state index contributed by atoms with van der Waals surface area (Å²) < 4.78 is 44.9. The Labute approximate surface area is 665 Å². The number of aromatic hydroxyl groups is 3. The molecule has 6 aromatic rings. The summed E-state index contributed by atoms with van der Waals surface area (Å²) in [5.74, 6) is -17.6. The van der Waals surface area contributed by atoms with Gasteiger partial charge in [-0.3, -0.25) is 33.6 Å². The first-order chi connectivity index (χ1) is 54.4. The minimum atomic E-state index is -2.32. The molecule has 0 spiro atoms. The van der Waals surface area contributed by atoms with Crippen molar-refractivity contribution >= 4 is 76.5 Å². The van der Waals surface area contributed by atoms with Crippen molar-refractivity contribution in [3.63, 3.8) is 0 Å². The van der Waals surface area contributed by atoms with E-state index in [9.17, 15) is 84.9 Å². The monoisotopic (exact) mass is 1640 g/mol. The van der Waals surface area contributed by atoms with E-state index in [0.29, 0.717) is 5.56 Å². The number of nitrogens with one attached hydrogen (secondary N) is 8. The summed E-state index contributed by atoms with van der Waals surface area (Å²) >= 11 is 14.2. The zero-order chi connectivity index (χ0) is 83.5. The minimum Gasteiger partial charge on any atom is -0.508 e. The van der Waals surface area contributed by atoms with Crippen molar-refractivity contribution in [2.24, 2.45) is 11.7 Å². The maximum Gasteiger partial charge on any atom is 0.334 e. The molecular formula is C77H87Cl2N9O27. The quantitative estimate of drug-likeness (QED) is 0.0549. The molecule has 6 aromatic carbocycles. The summed E-state index contributed by atoms with van der Waals surface area (Å²) in [5.41, 5.74) is 3.08. The maximum absolute atomic E-state index is 16.1. The second-order valence-corrected chi connectivity index (χ2v) is 29.9. The molecular weight excluding hydrogens is 1550 g/mol. The van der Waals surface area contributed by atoms with Gasteiger partial charge in [-0.05, 0) is 123 Å². The topological polar surface area (TPSA) is 563 Å². The second-order valence-electron chi connectivity index (χ2n) is 29.1. The molecule has 616 valence electrons. The summed E-state index contributed by atoms with van der Waals surface area (Å²) in [5, 5.41) is 146. The summed E-state index contributed by atoms with van der Waals surface area (Å²) in [7, 11) is 1.47. The average Bonchev–Trinajstić information content (AvgIpc) is 0.802. The number of primary amides is 1. The van der Waals surface area contributed by atoms with E-state index in [2.05, 4.69) is 42.5 Å². The number of rotatable bonds is 19. The lowest BCUT2D eigenvalue weighted by atomic mass is 9.84. The van der Waals surface area contributed by atoms with Crippen LogP contribution >= 0.6 is 23.2 Å². The van der Waals surface area contributed by atoms with Crippen LogP contribution in [0.4, 0.5) is 0 Å². The van der Waals surface area contributed by atoms with Gasteiger partial charge in [-0.15, -0.1) is 0 Å². The van der Waals surface area contributed by atoms with Crippen molar-refractivity contribution in [1.29, 1.82) is 0 Å². The number of carbonyl (C=O) groups is 9. The van der Waals surface area contributed by atoms with Crippen LogP contribution in [-0.4, -0.2) is 215 Å². The molecule has 0 radical (unpaired) electrons. The number of phenolic OH excluding ortho intramolecular Hbond substituents is 3. The number of amides is 7. The Hall–Kier alpha value is -10.5. The molecule has 7 heterocycles. The number of likely N-dealkylation sites (N-methyl/N-ethyl adjacent to an activating group) is 1. The number of benzene rings is 6. The van der Waals surface area contributed by atoms with E-state index in [1.54, 1.807) is 12.1 Å². The molecule has 0 saturated carbocycles. The average molecular weight is 1640 g/mol. The zero-order valence-corrected chi connectivity index (χ0v) is 63.8. The van der Waals surface area contributed by atoms with E-state index in [1.165, 1.54) is 27.0 Å². The van der Waals surface area contributed by atoms with Crippen LogP contribution in [0.2, 0.25) is 10.0 Å². The Morgan fingerprint density at radius 1 is 0.704 bits per heavy atom. The lowest BCUT2D eigenvalue weighted by Crippen LogP contribution is -2.66. The summed E-state index contributed by atoms with van der Waals surface area (Å²) in [6.45, 7) is 6.97. The maximum atomic E-state index is 16.1. The third-order valence-corrected chi connectivity index (χ3v) is 20.9. The SMILES string of the molecule is CN[C@H](CC(C)C)C(=O)NC1C(=O)NC(C(N)=O)CC(=O)N[C@H]2C(=O)NC3C(=O)N[C@H](C(=O)N[C@@H](C(=O)O)c4cc(O)cc(O)c4-c4cc3ccc4O)[C@H](O)c3ccc(c(Cl)c3)Oc3cc2cc(c3OC2OC(CO)C(O)C(O)C2OC2CC(C)(NCC(OCc3ccc(C)cc3)C(=O)O)C(O)C(C)O2)Oc2ccc(cc2Cl)[C@H]1O. The van der Waals surface area contributed by atoms with Crippen LogP contribution in [0, 0.1) is 12.8 Å². The van der Waals surface area contributed by atoms with Crippen molar-refractivity contribution in [1.82, 2.24) is 42.5 Å². The molecule has 7 aliphatic heterocycles. The standard InChI is InChI=1S/C77H87Cl2N9O27/c1-30(2)17-44(81-6)69(100)87-59-61(94)35-12-15-47(41(78)19-35)111-49-21-37-22-50(65(49)115-76-66(64(97)63(96)52(28-89)113-76)114-54-26-77(5,67(98)32(4)110-54)82-27-51(74(105)106)109-29-33-9-7-31(3)8-10-33)112-48-16-13-36(20-42(48)79)62(95)60-73(104)86-58(75(107)108)40-23-38(90)24-46(92)55(40)39-18-34(11-14-45(39)91)56(70(101)88-60)85-71(102)57(37)84-53(93)25-43(68(80)99)83-72(59)103/h7-16,18-24,30,32,43-44,51-52,54,56-64,66-67,76,81-82,89-92,94-98H,17,25-29H2,1-6H3,(H2,80,99)(H,83,103)(H,84,93)(H,85,102)(H,86,104)(H,87,100)(H,88,101)(H,105,106)(H,107,108)/t32?,43?,44-,51?,52?,54?,56?,57-,58-,59?,60+,61-,62-,63?,64?,66?,67?,76?,77?/m1/s1. The van der Waals surface area contributed by atoms with Gasteiger partial charge in [-0.2, -0.15) is 0 Å². The first kappa shape index (κ1) is 85.3. The van der Waals surface area contributed by atoms with E-state index in [0.717, 1.165) is 78.4 Å². The molecule has 36 nitrogen and oxygen atoms in total. The van der Waals surface area contributed by atoms with Gasteiger partial charge in [0.2, 0.25) is 53.4 Å². The van der Waals surface area contributed by atoms with Crippen LogP contribution < -0.4 is 62.5 Å². The Bertz CT molecular complexity index is 4720. The van der Waals surface area contributed by atoms with Gasteiger partial charge in [0.05, 0.1) is 47.9 Å². The number of fused-ring (bicyclic) bond motifs is 16. The molecule has 0 aliphatic carbocycles. The van der Waals surface area contributed by atoms with Gasteiger partial charge in [0, 0.05) is 41.3 Å². The van der Waals surface area contributed by atoms with Crippen LogP contribution in [0.25, 0.3) is 11.1 Å². The molecule has 2 fully saturated rings. The smallest absolute Gasteiger partial charge is 0.334 e. The first-order valence-corrected chi connectivity index (χ1v) is 37.0. The Kier molecular flexibility index (Phi) is 26.5. The lowest BCUT2D eigenvalue weighted by molar-refractivity contribution is -0.334. The van der Waals surface area contributed by atoms with Crippen molar-refractivity contribution in [3.05, 3.63) is 152 Å². The van der Waals surface area contributed by atoms with Crippen LogP contribution in [-0.2, 0) is 68.7 Å². The fourth-order valence-electron chi connectivity index (χ4n) is 14.0. The molecule has 21 N–H and O–H groups in total. The molecule has 13 unspecified atom stereocenters. The number of aliphatic carboxylic acids is 2. The number of phenols is 3. The molecule has 7 aliphatic rings. The molecule has 19 atom stereocenters. The highest BCUT2D eigenvalue weighted by atomic mass is 35.5. The number of halogens is 2. The summed E-state index contributed by atoms with van der Waals surface area (Å²) in [6, 6.07) is 6.40. The molecule has 7 amide bonds. The van der Waals surface area contributed by atoms with Gasteiger partial charge in [-0.25, -0.2) is 9.59 Å². The summed E-state index contributed by atoms with van der Waals surface area (Å²) in [4.78, 5) is 130. The Balaban J connectivity index is 1.10. The van der Waals surface area contributed by atoms with Crippen LogP contribution in [0.5, 0.6) is 46.0 Å². The minimum absolute atomic E-state index is 0.104. The molecule has 2 saturated heterocycles. The van der Waals surface area contributed by atoms with Crippen LogP contribution in [0.15, 0.2) is 103 Å². The number of aliphatic hydroxyl groups excluding tert-OH is 6. The number of aliphatic hydroxyl groups is 6. The number of hydrogen-bond donors (Lipinski definition) is 20. The second kappa shape index (κ2) is 35.7. The van der Waals surface area contributed by atoms with Crippen LogP contribution in [0.3, 0.4) is 0 Å². The Morgan fingerprint density at radius 2 is 1.33 bits per heavy atom. The van der Waals surface area contributed by atoms with Gasteiger partial charge in [-0.1, -0.05) is 85.1 Å². The van der Waals surface area contributed by atoms with Crippen molar-refractivity contribution in [2.45, 2.75) is 176 Å². The van der Waals surface area contributed by atoms with Gasteiger partial charge >= 0.3 is 11.9 Å². The number of hydrogen-bond acceptors (Lipinski definition) is 27. The van der Waals surface area contributed by atoms with E-state index in [-0.39, 0.29) is 42.1 Å². The van der Waals surface area contributed by atoms with E-state index in [4.69, 9.17) is 62.1 Å². The highest BCUT2D eigenvalue weighted by molar-refractivity contribution is 6.32. The van der Waals surface area contributed by atoms with Gasteiger partial charge in [0.15, 0.2) is 36.0 Å². The van der Waals surface area contributed by atoms with E-state index in [1.807, 2.05) is 32.9 Å². The number of aryl methyl sites for hydroxylation is 1. The van der Waals surface area contributed by atoms with Crippen molar-refractivity contribution in [3.8, 4) is 57.1 Å². The zero-order valence-electron chi connectivity index (χ0n) is 62.3. The normalized spacial score (nSPS) is 27.6. The Morgan fingerprint density at radius 3 is 1.93 bits per heavy atom. The third-order valence-electron chi connectivity index (χ3n) is 20.3. The van der Waals surface area contributed by atoms with Gasteiger partial charge in [0.25, 0.3) is 0 Å². The van der Waals surface area contributed by atoms with Crippen LogP contribution in [0.1, 0.15) is 116 Å². The van der Waals surface area contributed by atoms with Gasteiger partial charge < -0.3 is 138 Å². The molecule has 38 heteroatoms. The number of nitrogens with two attached hydrogens (primary N) is 1. The van der Waals surface area contributed by atoms with E-state index < -0.39 is 267 Å². The number of carboxylic acids is 2. The highest BCUT2D eigenvalue weighted by Gasteiger charge is 2.52. The van der Waals surface area contributed by atoms with Crippen molar-refractivity contribution < 1.29 is 132 Å². The molecule has 13 rings (SSSR count). The fourth-order valence-corrected chi connectivity index (χ4v) is 14.5. The van der Waals surface area contributed by atoms with Gasteiger partial charge in [0.1, 0.15) is 89.5 Å². The predicted molar refractivity (Wildman–Crippen MR) is 400 cm³/mol. The fraction of sp³-hybridized carbons (Fsp3) is 0.416. The highest BCUT2D eigenvalue weighted by Crippen LogP contribution is 2.50. The number of carboxylic acid groups (broad SMARTS) is 2. The summed E-state index contributed by atoms with van der Waals surface area (Å²) in [6.07, 6.45) is -21.3. The largest absolute Gasteiger partial charge is 0.508 e. The molecule has 11 bridgehead atoms. The number of ether oxygens (including phenoxy) is 7. The number of carbonyl (C=O) groups excluding carboxylic acids is 7.